The van der Waals surface area contributed by atoms with Crippen LogP contribution in [0.2, 0.25) is 0 Å². The normalized spacial score (nSPS) is 10.1. The van der Waals surface area contributed by atoms with Crippen LogP contribution in [-0.2, 0) is 16.1 Å². The van der Waals surface area contributed by atoms with Crippen LogP contribution in [0.3, 0.4) is 0 Å². The van der Waals surface area contributed by atoms with E-state index < -0.39 is 5.97 Å². The van der Waals surface area contributed by atoms with E-state index in [4.69, 9.17) is 4.74 Å². The lowest BCUT2D eigenvalue weighted by molar-refractivity contribution is -0.143. The van der Waals surface area contributed by atoms with E-state index in [2.05, 4.69) is 21.2 Å². The summed E-state index contributed by atoms with van der Waals surface area (Å²) in [5.41, 5.74) is 0.886. The van der Waals surface area contributed by atoms with Gasteiger partial charge in [0.25, 0.3) is 5.91 Å². The molecule has 2 aromatic rings. The van der Waals surface area contributed by atoms with Crippen molar-refractivity contribution < 1.29 is 14.3 Å². The van der Waals surface area contributed by atoms with Crippen molar-refractivity contribution in [1.82, 2.24) is 5.32 Å². The highest BCUT2D eigenvalue weighted by molar-refractivity contribution is 9.10. The molecular formula is C14H12BrNO3S. The summed E-state index contributed by atoms with van der Waals surface area (Å²) in [4.78, 5) is 23.7. The molecule has 1 aromatic heterocycles. The number of carbonyl (C=O) groups is 2. The minimum Gasteiger partial charge on any atom is -0.460 e. The number of hydrogen-bond acceptors (Lipinski definition) is 4. The Morgan fingerprint density at radius 1 is 1.25 bits per heavy atom. The highest BCUT2D eigenvalue weighted by Crippen LogP contribution is 2.12. The standard InChI is InChI=1S/C14H12BrNO3S/c15-11-4-1-3-10(7-11)9-19-13(17)8-16-14(18)12-5-2-6-20-12/h1-7H,8-9H2,(H,16,18). The summed E-state index contributed by atoms with van der Waals surface area (Å²) < 4.78 is 6.01. The summed E-state index contributed by atoms with van der Waals surface area (Å²) in [6.45, 7) is 0.0535. The minimum absolute atomic E-state index is 0.134. The number of benzene rings is 1. The molecule has 1 N–H and O–H groups in total. The topological polar surface area (TPSA) is 55.4 Å². The molecule has 4 nitrogen and oxygen atoms in total. The fourth-order valence-corrected chi connectivity index (χ4v) is 2.58. The summed E-state index contributed by atoms with van der Waals surface area (Å²) in [6.07, 6.45) is 0. The molecule has 0 fully saturated rings. The molecule has 0 saturated heterocycles. The Labute approximate surface area is 128 Å². The molecule has 0 aliphatic carbocycles. The molecule has 20 heavy (non-hydrogen) atoms. The van der Waals surface area contributed by atoms with Crippen LogP contribution in [0.4, 0.5) is 0 Å². The highest BCUT2D eigenvalue weighted by Gasteiger charge is 2.09. The molecule has 0 atom stereocenters. The molecule has 1 aromatic carbocycles. The number of hydrogen-bond donors (Lipinski definition) is 1. The summed E-state index contributed by atoms with van der Waals surface area (Å²) in [6, 6.07) is 11.0. The van der Waals surface area contributed by atoms with Gasteiger partial charge in [-0.05, 0) is 29.1 Å². The SMILES string of the molecule is O=C(CNC(=O)c1cccs1)OCc1cccc(Br)c1. The van der Waals surface area contributed by atoms with Gasteiger partial charge in [-0.25, -0.2) is 0 Å². The first-order chi connectivity index (χ1) is 9.65. The van der Waals surface area contributed by atoms with E-state index in [1.807, 2.05) is 24.3 Å². The maximum absolute atomic E-state index is 11.6. The molecule has 2 rings (SSSR count). The number of esters is 1. The van der Waals surface area contributed by atoms with Gasteiger partial charge in [0.15, 0.2) is 0 Å². The fourth-order valence-electron chi connectivity index (χ4n) is 1.49. The molecule has 0 aliphatic heterocycles. The van der Waals surface area contributed by atoms with Gasteiger partial charge in [0.2, 0.25) is 0 Å². The zero-order valence-corrected chi connectivity index (χ0v) is 12.9. The van der Waals surface area contributed by atoms with E-state index in [0.29, 0.717) is 4.88 Å². The van der Waals surface area contributed by atoms with E-state index in [-0.39, 0.29) is 19.1 Å². The fraction of sp³-hybridized carbons (Fsp3) is 0.143. The smallest absolute Gasteiger partial charge is 0.325 e. The monoisotopic (exact) mass is 353 g/mol. The van der Waals surface area contributed by atoms with Crippen molar-refractivity contribution in [2.45, 2.75) is 6.61 Å². The second-order valence-corrected chi connectivity index (χ2v) is 5.81. The second kappa shape index (κ2) is 7.21. The Morgan fingerprint density at radius 3 is 2.80 bits per heavy atom. The Kier molecular flexibility index (Phi) is 5.31. The number of ether oxygens (including phenoxy) is 1. The van der Waals surface area contributed by atoms with Crippen LogP contribution in [0.1, 0.15) is 15.2 Å². The van der Waals surface area contributed by atoms with Crippen molar-refractivity contribution >= 4 is 39.1 Å². The van der Waals surface area contributed by atoms with Crippen LogP contribution in [0.25, 0.3) is 0 Å². The molecule has 1 heterocycles. The van der Waals surface area contributed by atoms with Gasteiger partial charge < -0.3 is 10.1 Å². The van der Waals surface area contributed by atoms with E-state index in [1.54, 1.807) is 17.5 Å². The third-order valence-electron chi connectivity index (χ3n) is 2.43. The van der Waals surface area contributed by atoms with E-state index in [9.17, 15) is 9.59 Å². The maximum atomic E-state index is 11.6. The molecule has 0 radical (unpaired) electrons. The molecule has 6 heteroatoms. The Bertz CT molecular complexity index is 598. The zero-order chi connectivity index (χ0) is 14.4. The maximum Gasteiger partial charge on any atom is 0.325 e. The molecular weight excluding hydrogens is 342 g/mol. The van der Waals surface area contributed by atoms with Gasteiger partial charge in [-0.1, -0.05) is 34.1 Å². The predicted octanol–water partition coefficient (Wildman–Crippen LogP) is 2.98. The van der Waals surface area contributed by atoms with Crippen LogP contribution >= 0.6 is 27.3 Å². The Hall–Kier alpha value is -1.66. The average Bonchev–Trinajstić information content (AvgIpc) is 2.97. The van der Waals surface area contributed by atoms with Gasteiger partial charge in [0.05, 0.1) is 4.88 Å². The molecule has 0 spiro atoms. The Morgan fingerprint density at radius 2 is 2.10 bits per heavy atom. The highest BCUT2D eigenvalue weighted by atomic mass is 79.9. The molecule has 1 amide bonds. The van der Waals surface area contributed by atoms with Crippen LogP contribution < -0.4 is 5.32 Å². The zero-order valence-electron chi connectivity index (χ0n) is 10.5. The van der Waals surface area contributed by atoms with Gasteiger partial charge in [-0.2, -0.15) is 0 Å². The van der Waals surface area contributed by atoms with E-state index in [1.165, 1.54) is 11.3 Å². The number of carbonyl (C=O) groups excluding carboxylic acids is 2. The second-order valence-electron chi connectivity index (χ2n) is 3.95. The van der Waals surface area contributed by atoms with Crippen LogP contribution in [0.5, 0.6) is 0 Å². The summed E-state index contributed by atoms with van der Waals surface area (Å²) in [5, 5.41) is 4.33. The number of rotatable bonds is 5. The van der Waals surface area contributed by atoms with Crippen molar-refractivity contribution in [2.75, 3.05) is 6.54 Å². The van der Waals surface area contributed by atoms with E-state index in [0.717, 1.165) is 10.0 Å². The quantitative estimate of drug-likeness (QED) is 0.840. The first-order valence-corrected chi connectivity index (χ1v) is 7.54. The Balaban J connectivity index is 1.74. The lowest BCUT2D eigenvalue weighted by Crippen LogP contribution is -2.30. The summed E-state index contributed by atoms with van der Waals surface area (Å²) in [7, 11) is 0. The lowest BCUT2D eigenvalue weighted by atomic mass is 10.2. The average molecular weight is 354 g/mol. The number of nitrogens with one attached hydrogen (secondary N) is 1. The predicted molar refractivity (Wildman–Crippen MR) is 80.6 cm³/mol. The largest absolute Gasteiger partial charge is 0.460 e. The molecule has 0 unspecified atom stereocenters. The lowest BCUT2D eigenvalue weighted by Gasteiger charge is -2.06. The van der Waals surface area contributed by atoms with Gasteiger partial charge in [0.1, 0.15) is 13.2 Å². The van der Waals surface area contributed by atoms with Crippen molar-refractivity contribution in [3.63, 3.8) is 0 Å². The van der Waals surface area contributed by atoms with Crippen LogP contribution in [0, 0.1) is 0 Å². The van der Waals surface area contributed by atoms with Crippen LogP contribution in [0.15, 0.2) is 46.3 Å². The minimum atomic E-state index is -0.463. The van der Waals surface area contributed by atoms with Crippen molar-refractivity contribution in [1.29, 1.82) is 0 Å². The first kappa shape index (κ1) is 14.7. The van der Waals surface area contributed by atoms with Crippen molar-refractivity contribution in [2.24, 2.45) is 0 Å². The summed E-state index contributed by atoms with van der Waals surface area (Å²) in [5.74, 6) is -0.728. The number of halogens is 1. The number of amides is 1. The van der Waals surface area contributed by atoms with Crippen molar-refractivity contribution in [3.8, 4) is 0 Å². The number of thiophene rings is 1. The van der Waals surface area contributed by atoms with E-state index >= 15 is 0 Å². The van der Waals surface area contributed by atoms with Crippen molar-refractivity contribution in [3.05, 3.63) is 56.7 Å². The first-order valence-electron chi connectivity index (χ1n) is 5.87. The summed E-state index contributed by atoms with van der Waals surface area (Å²) >= 11 is 4.67. The van der Waals surface area contributed by atoms with Gasteiger partial charge >= 0.3 is 5.97 Å². The molecule has 0 bridgehead atoms. The molecule has 0 aliphatic rings. The molecule has 104 valence electrons. The third kappa shape index (κ3) is 4.47. The molecule has 0 saturated carbocycles. The van der Waals surface area contributed by atoms with Crippen LogP contribution in [-0.4, -0.2) is 18.4 Å². The third-order valence-corrected chi connectivity index (χ3v) is 3.79. The van der Waals surface area contributed by atoms with Gasteiger partial charge in [-0.3, -0.25) is 9.59 Å². The van der Waals surface area contributed by atoms with Gasteiger partial charge in [0, 0.05) is 4.47 Å². The van der Waals surface area contributed by atoms with Gasteiger partial charge in [-0.15, -0.1) is 11.3 Å².